The largest absolute Gasteiger partial charge is 0.477 e. The standard InChI is InChI=1S/C11H12F3NO3S/c12-11(13,14)5-1-2-6-15-9(16)7-3-4-8(19-7)10(17)18/h3-4H,1-2,5-6H2,(H,15,16)(H,17,18). The maximum absolute atomic E-state index is 11.8. The molecule has 0 saturated carbocycles. The molecule has 1 rings (SSSR count). The van der Waals surface area contributed by atoms with Gasteiger partial charge in [-0.25, -0.2) is 4.79 Å². The van der Waals surface area contributed by atoms with Crippen molar-refractivity contribution in [1.82, 2.24) is 5.32 Å². The van der Waals surface area contributed by atoms with Gasteiger partial charge in [-0.05, 0) is 25.0 Å². The second-order valence-electron chi connectivity index (χ2n) is 3.80. The highest BCUT2D eigenvalue weighted by molar-refractivity contribution is 7.15. The van der Waals surface area contributed by atoms with Crippen LogP contribution in [0.4, 0.5) is 13.2 Å². The molecule has 1 amide bonds. The summed E-state index contributed by atoms with van der Waals surface area (Å²) >= 11 is 0.826. The smallest absolute Gasteiger partial charge is 0.389 e. The van der Waals surface area contributed by atoms with Gasteiger partial charge in [-0.2, -0.15) is 13.2 Å². The number of alkyl halides is 3. The Morgan fingerprint density at radius 2 is 1.84 bits per heavy atom. The minimum atomic E-state index is -4.17. The van der Waals surface area contributed by atoms with Crippen LogP contribution in [0.5, 0.6) is 0 Å². The first-order valence-corrected chi connectivity index (χ1v) is 6.29. The second-order valence-corrected chi connectivity index (χ2v) is 4.88. The van der Waals surface area contributed by atoms with E-state index in [4.69, 9.17) is 5.11 Å². The Morgan fingerprint density at radius 3 is 2.37 bits per heavy atom. The first kappa shape index (κ1) is 15.5. The summed E-state index contributed by atoms with van der Waals surface area (Å²) in [5, 5.41) is 11.1. The molecule has 0 aliphatic heterocycles. The van der Waals surface area contributed by atoms with Crippen LogP contribution in [0.25, 0.3) is 0 Å². The predicted molar refractivity (Wildman–Crippen MR) is 63.5 cm³/mol. The van der Waals surface area contributed by atoms with Gasteiger partial charge in [-0.3, -0.25) is 4.79 Å². The summed E-state index contributed by atoms with van der Waals surface area (Å²) < 4.78 is 35.5. The molecule has 0 spiro atoms. The normalized spacial score (nSPS) is 11.3. The predicted octanol–water partition coefficient (Wildman–Crippen LogP) is 2.91. The molecule has 8 heteroatoms. The van der Waals surface area contributed by atoms with Crippen LogP contribution in [0, 0.1) is 0 Å². The summed E-state index contributed by atoms with van der Waals surface area (Å²) in [4.78, 5) is 22.4. The van der Waals surface area contributed by atoms with Gasteiger partial charge in [0.25, 0.3) is 5.91 Å². The van der Waals surface area contributed by atoms with Crippen LogP contribution in [0.2, 0.25) is 0 Å². The van der Waals surface area contributed by atoms with Crippen LogP contribution in [0.15, 0.2) is 12.1 Å². The van der Waals surface area contributed by atoms with Crippen LogP contribution in [0.3, 0.4) is 0 Å². The number of hydrogen-bond acceptors (Lipinski definition) is 3. The molecule has 1 aromatic rings. The molecule has 0 saturated heterocycles. The van der Waals surface area contributed by atoms with Crippen molar-refractivity contribution in [3.8, 4) is 0 Å². The van der Waals surface area contributed by atoms with Crippen molar-refractivity contribution in [3.05, 3.63) is 21.9 Å². The molecular formula is C11H12F3NO3S. The summed E-state index contributed by atoms with van der Waals surface area (Å²) in [6.07, 6.45) is -4.86. The number of hydrogen-bond donors (Lipinski definition) is 2. The molecule has 1 aromatic heterocycles. The molecule has 1 heterocycles. The monoisotopic (exact) mass is 295 g/mol. The number of aromatic carboxylic acids is 1. The summed E-state index contributed by atoms with van der Waals surface area (Å²) in [7, 11) is 0. The van der Waals surface area contributed by atoms with E-state index in [1.807, 2.05) is 0 Å². The topological polar surface area (TPSA) is 66.4 Å². The Kier molecular flexibility index (Phi) is 5.34. The molecule has 0 aromatic carbocycles. The number of halogens is 3. The molecule has 0 bridgehead atoms. The highest BCUT2D eigenvalue weighted by Gasteiger charge is 2.25. The number of carboxylic acid groups (broad SMARTS) is 1. The van der Waals surface area contributed by atoms with Gasteiger partial charge in [0.15, 0.2) is 0 Å². The minimum Gasteiger partial charge on any atom is -0.477 e. The lowest BCUT2D eigenvalue weighted by atomic mass is 10.2. The van der Waals surface area contributed by atoms with Gasteiger partial charge in [0.2, 0.25) is 0 Å². The zero-order valence-electron chi connectivity index (χ0n) is 9.79. The summed E-state index contributed by atoms with van der Waals surface area (Å²) in [6.45, 7) is 0.134. The summed E-state index contributed by atoms with van der Waals surface area (Å²) in [6, 6.07) is 2.69. The molecule has 0 radical (unpaired) electrons. The lowest BCUT2D eigenvalue weighted by Gasteiger charge is -2.06. The quantitative estimate of drug-likeness (QED) is 0.793. The maximum atomic E-state index is 11.8. The van der Waals surface area contributed by atoms with E-state index < -0.39 is 24.5 Å². The van der Waals surface area contributed by atoms with Gasteiger partial charge in [0.05, 0.1) is 4.88 Å². The minimum absolute atomic E-state index is 0.0437. The molecule has 4 nitrogen and oxygen atoms in total. The van der Waals surface area contributed by atoms with Crippen molar-refractivity contribution in [3.63, 3.8) is 0 Å². The van der Waals surface area contributed by atoms with Crippen molar-refractivity contribution in [2.24, 2.45) is 0 Å². The Balaban J connectivity index is 2.29. The average Bonchev–Trinajstić information content (AvgIpc) is 2.76. The first-order valence-electron chi connectivity index (χ1n) is 5.47. The fraction of sp³-hybridized carbons (Fsp3) is 0.455. The number of unbranched alkanes of at least 4 members (excludes halogenated alkanes) is 1. The Hall–Kier alpha value is -1.57. The van der Waals surface area contributed by atoms with Crippen molar-refractivity contribution < 1.29 is 27.9 Å². The Bertz CT molecular complexity index is 456. The third-order valence-corrected chi connectivity index (χ3v) is 3.29. The van der Waals surface area contributed by atoms with E-state index in [1.165, 1.54) is 12.1 Å². The van der Waals surface area contributed by atoms with E-state index in [0.29, 0.717) is 0 Å². The summed E-state index contributed by atoms with van der Waals surface area (Å²) in [5.41, 5.74) is 0. The molecule has 0 atom stereocenters. The van der Waals surface area contributed by atoms with E-state index in [-0.39, 0.29) is 29.1 Å². The highest BCUT2D eigenvalue weighted by Crippen LogP contribution is 2.22. The van der Waals surface area contributed by atoms with Crippen LogP contribution in [-0.2, 0) is 0 Å². The van der Waals surface area contributed by atoms with Gasteiger partial charge in [0.1, 0.15) is 4.88 Å². The molecule has 106 valence electrons. The average molecular weight is 295 g/mol. The zero-order valence-corrected chi connectivity index (χ0v) is 10.6. The van der Waals surface area contributed by atoms with E-state index in [0.717, 1.165) is 11.3 Å². The Morgan fingerprint density at radius 1 is 1.21 bits per heavy atom. The highest BCUT2D eigenvalue weighted by atomic mass is 32.1. The van der Waals surface area contributed by atoms with Gasteiger partial charge >= 0.3 is 12.1 Å². The lowest BCUT2D eigenvalue weighted by Crippen LogP contribution is -2.23. The van der Waals surface area contributed by atoms with Crippen LogP contribution in [0.1, 0.15) is 38.6 Å². The fourth-order valence-corrected chi connectivity index (χ4v) is 2.08. The van der Waals surface area contributed by atoms with Crippen molar-refractivity contribution in [1.29, 1.82) is 0 Å². The molecule has 0 aliphatic rings. The van der Waals surface area contributed by atoms with Crippen molar-refractivity contribution in [2.45, 2.75) is 25.4 Å². The number of carboxylic acids is 1. The lowest BCUT2D eigenvalue weighted by molar-refractivity contribution is -0.135. The molecule has 19 heavy (non-hydrogen) atoms. The van der Waals surface area contributed by atoms with E-state index >= 15 is 0 Å². The van der Waals surface area contributed by atoms with Gasteiger partial charge in [0, 0.05) is 13.0 Å². The maximum Gasteiger partial charge on any atom is 0.389 e. The second kappa shape index (κ2) is 6.55. The van der Waals surface area contributed by atoms with Gasteiger partial charge < -0.3 is 10.4 Å². The summed E-state index contributed by atoms with van der Waals surface area (Å²) in [5.74, 6) is -1.58. The van der Waals surface area contributed by atoms with E-state index in [2.05, 4.69) is 5.32 Å². The molecule has 0 aliphatic carbocycles. The SMILES string of the molecule is O=C(O)c1ccc(C(=O)NCCCCC(F)(F)F)s1. The third kappa shape index (κ3) is 5.73. The number of nitrogens with one attached hydrogen (secondary N) is 1. The number of amides is 1. The molecule has 2 N–H and O–H groups in total. The Labute approximate surface area is 111 Å². The first-order chi connectivity index (χ1) is 8.79. The number of thiophene rings is 1. The number of carbonyl (C=O) groups excluding carboxylic acids is 1. The van der Waals surface area contributed by atoms with Gasteiger partial charge in [-0.1, -0.05) is 0 Å². The number of carbonyl (C=O) groups is 2. The van der Waals surface area contributed by atoms with Gasteiger partial charge in [-0.15, -0.1) is 11.3 Å². The van der Waals surface area contributed by atoms with Crippen molar-refractivity contribution >= 4 is 23.2 Å². The van der Waals surface area contributed by atoms with Crippen LogP contribution >= 0.6 is 11.3 Å². The molecule has 0 unspecified atom stereocenters. The molecule has 0 fully saturated rings. The number of rotatable bonds is 6. The fourth-order valence-electron chi connectivity index (χ4n) is 1.31. The van der Waals surface area contributed by atoms with E-state index in [9.17, 15) is 22.8 Å². The van der Waals surface area contributed by atoms with Crippen LogP contribution < -0.4 is 5.32 Å². The molecular weight excluding hydrogens is 283 g/mol. The van der Waals surface area contributed by atoms with E-state index in [1.54, 1.807) is 0 Å². The van der Waals surface area contributed by atoms with Crippen molar-refractivity contribution in [2.75, 3.05) is 6.54 Å². The van der Waals surface area contributed by atoms with Crippen LogP contribution in [-0.4, -0.2) is 29.7 Å². The third-order valence-electron chi connectivity index (χ3n) is 2.21. The zero-order chi connectivity index (χ0) is 14.5.